The normalized spacial score (nSPS) is 10.0. The van der Waals surface area contributed by atoms with Crippen LogP contribution in [0.5, 0.6) is 5.75 Å². The van der Waals surface area contributed by atoms with E-state index in [1.807, 2.05) is 37.3 Å². The average molecular weight is 299 g/mol. The van der Waals surface area contributed by atoms with Crippen LogP contribution in [0.2, 0.25) is 0 Å². The van der Waals surface area contributed by atoms with Gasteiger partial charge in [0.1, 0.15) is 12.4 Å². The molecule has 0 spiro atoms. The summed E-state index contributed by atoms with van der Waals surface area (Å²) in [6, 6.07) is 11.5. The van der Waals surface area contributed by atoms with Crippen molar-refractivity contribution in [3.8, 4) is 5.75 Å². The molecule has 0 heterocycles. The number of fused-ring (bicyclic) bond motifs is 1. The van der Waals surface area contributed by atoms with Crippen LogP contribution < -0.4 is 10.1 Å². The highest BCUT2D eigenvalue weighted by molar-refractivity contribution is 5.88. The number of benzene rings is 2. The minimum Gasteiger partial charge on any atom is -0.461 e. The molecule has 22 heavy (non-hydrogen) atoms. The van der Waals surface area contributed by atoms with Gasteiger partial charge in [0.05, 0.1) is 6.54 Å². The Bertz CT molecular complexity index is 709. The molecule has 0 saturated carbocycles. The van der Waals surface area contributed by atoms with Gasteiger partial charge in [0.2, 0.25) is 0 Å². The molecule has 0 aliphatic heterocycles. The van der Waals surface area contributed by atoms with E-state index in [1.165, 1.54) is 0 Å². The van der Waals surface area contributed by atoms with Gasteiger partial charge >= 0.3 is 12.1 Å². The molecule has 5 nitrogen and oxygen atoms in total. The highest BCUT2D eigenvalue weighted by Crippen LogP contribution is 2.26. The first-order chi connectivity index (χ1) is 10.6. The zero-order chi connectivity index (χ0) is 15.9. The van der Waals surface area contributed by atoms with Crippen molar-refractivity contribution in [2.24, 2.45) is 0 Å². The van der Waals surface area contributed by atoms with Crippen LogP contribution in [0, 0.1) is 6.92 Å². The Labute approximate surface area is 128 Å². The topological polar surface area (TPSA) is 64.6 Å². The number of rotatable bonds is 5. The second kappa shape index (κ2) is 7.26. The van der Waals surface area contributed by atoms with Gasteiger partial charge in [-0.15, -0.1) is 0 Å². The van der Waals surface area contributed by atoms with Gasteiger partial charge in [0.25, 0.3) is 0 Å². The van der Waals surface area contributed by atoms with E-state index in [-0.39, 0.29) is 13.2 Å². The zero-order valence-electron chi connectivity index (χ0n) is 12.3. The maximum atomic E-state index is 11.7. The molecule has 0 aromatic heterocycles. The Morgan fingerprint density at radius 1 is 1.23 bits per heavy atom. The van der Waals surface area contributed by atoms with Crippen molar-refractivity contribution < 1.29 is 19.1 Å². The molecule has 2 rings (SSSR count). The number of nitrogens with one attached hydrogen (secondary N) is 1. The molecule has 0 radical (unpaired) electrons. The number of ether oxygens (including phenoxy) is 2. The number of carbonyl (C=O) groups excluding carboxylic acids is 2. The minimum absolute atomic E-state index is 0.0661. The third-order valence-electron chi connectivity index (χ3n) is 3.13. The van der Waals surface area contributed by atoms with Gasteiger partial charge in [-0.05, 0) is 29.3 Å². The largest absolute Gasteiger partial charge is 0.461 e. The smallest absolute Gasteiger partial charge is 0.412 e. The molecule has 0 fully saturated rings. The highest BCUT2D eigenvalue weighted by Gasteiger charge is 2.09. The van der Waals surface area contributed by atoms with Gasteiger partial charge in [-0.1, -0.05) is 36.9 Å². The predicted molar refractivity (Wildman–Crippen MR) is 83.9 cm³/mol. The molecule has 1 amide bonds. The summed E-state index contributed by atoms with van der Waals surface area (Å²) in [7, 11) is 0. The van der Waals surface area contributed by atoms with Crippen LogP contribution in [0.3, 0.4) is 0 Å². The second-order valence-corrected chi connectivity index (χ2v) is 4.60. The number of esters is 1. The van der Waals surface area contributed by atoms with E-state index in [0.717, 1.165) is 22.4 Å². The lowest BCUT2D eigenvalue weighted by Crippen LogP contribution is -2.30. The summed E-state index contributed by atoms with van der Waals surface area (Å²) in [5.41, 5.74) is 0.895. The molecule has 2 aromatic carbocycles. The summed E-state index contributed by atoms with van der Waals surface area (Å²) in [4.78, 5) is 22.6. The first-order valence-electron chi connectivity index (χ1n) is 6.85. The Morgan fingerprint density at radius 2 is 2.00 bits per heavy atom. The van der Waals surface area contributed by atoms with Crippen molar-refractivity contribution in [1.29, 1.82) is 0 Å². The molecule has 1 N–H and O–H groups in total. The maximum absolute atomic E-state index is 11.7. The van der Waals surface area contributed by atoms with E-state index in [1.54, 1.807) is 6.07 Å². The van der Waals surface area contributed by atoms with Crippen LogP contribution in [0.4, 0.5) is 4.79 Å². The fraction of sp³-hybridized carbons (Fsp3) is 0.176. The molecule has 0 aliphatic carbocycles. The Hall–Kier alpha value is -2.82. The summed E-state index contributed by atoms with van der Waals surface area (Å²) in [6.07, 6.45) is 0.476. The third-order valence-corrected chi connectivity index (χ3v) is 3.13. The van der Waals surface area contributed by atoms with E-state index in [2.05, 4.69) is 11.9 Å². The lowest BCUT2D eigenvalue weighted by Gasteiger charge is -2.11. The second-order valence-electron chi connectivity index (χ2n) is 4.60. The van der Waals surface area contributed by atoms with Gasteiger partial charge in [-0.2, -0.15) is 0 Å². The molecule has 0 atom stereocenters. The SMILES string of the molecule is C=CC(=O)OCCNC(=O)Oc1ccc2ccccc2c1C. The fourth-order valence-electron chi connectivity index (χ4n) is 2.02. The standard InChI is InChI=1S/C17H17NO4/c1-3-16(19)21-11-10-18-17(20)22-15-9-8-13-6-4-5-7-14(13)12(15)2/h3-9H,1,10-11H2,2H3,(H,18,20). The van der Waals surface area contributed by atoms with Gasteiger partial charge in [-0.25, -0.2) is 9.59 Å². The molecule has 5 heteroatoms. The van der Waals surface area contributed by atoms with E-state index >= 15 is 0 Å². The van der Waals surface area contributed by atoms with Crippen LogP contribution in [-0.2, 0) is 9.53 Å². The van der Waals surface area contributed by atoms with Crippen molar-refractivity contribution >= 4 is 22.8 Å². The number of hydrogen-bond acceptors (Lipinski definition) is 4. The van der Waals surface area contributed by atoms with E-state index in [4.69, 9.17) is 9.47 Å². The van der Waals surface area contributed by atoms with Crippen molar-refractivity contribution in [1.82, 2.24) is 5.32 Å². The van der Waals surface area contributed by atoms with Crippen molar-refractivity contribution in [2.45, 2.75) is 6.92 Å². The molecule has 2 aromatic rings. The van der Waals surface area contributed by atoms with Crippen LogP contribution in [0.15, 0.2) is 49.1 Å². The predicted octanol–water partition coefficient (Wildman–Crippen LogP) is 2.97. The van der Waals surface area contributed by atoms with E-state index < -0.39 is 12.1 Å². The van der Waals surface area contributed by atoms with Crippen LogP contribution in [0.25, 0.3) is 10.8 Å². The van der Waals surface area contributed by atoms with E-state index in [9.17, 15) is 9.59 Å². The van der Waals surface area contributed by atoms with Crippen LogP contribution in [0.1, 0.15) is 5.56 Å². The molecule has 0 unspecified atom stereocenters. The van der Waals surface area contributed by atoms with Gasteiger partial charge < -0.3 is 14.8 Å². The molecule has 0 saturated heterocycles. The molecule has 114 valence electrons. The Balaban J connectivity index is 1.93. The van der Waals surface area contributed by atoms with Crippen LogP contribution >= 0.6 is 0 Å². The molecule has 0 bridgehead atoms. The van der Waals surface area contributed by atoms with Crippen molar-refractivity contribution in [3.63, 3.8) is 0 Å². The number of hydrogen-bond donors (Lipinski definition) is 1. The zero-order valence-corrected chi connectivity index (χ0v) is 12.3. The average Bonchev–Trinajstić information content (AvgIpc) is 2.54. The van der Waals surface area contributed by atoms with Crippen molar-refractivity contribution in [3.05, 3.63) is 54.6 Å². The van der Waals surface area contributed by atoms with Gasteiger partial charge in [-0.3, -0.25) is 0 Å². The number of carbonyl (C=O) groups is 2. The summed E-state index contributed by atoms with van der Waals surface area (Å²) in [5, 5.41) is 4.64. The quantitative estimate of drug-likeness (QED) is 0.524. The van der Waals surface area contributed by atoms with Crippen molar-refractivity contribution in [2.75, 3.05) is 13.2 Å². The summed E-state index contributed by atoms with van der Waals surface area (Å²) >= 11 is 0. The first kappa shape index (κ1) is 15.6. The summed E-state index contributed by atoms with van der Waals surface area (Å²) in [6.45, 7) is 5.42. The number of aryl methyl sites for hydroxylation is 1. The maximum Gasteiger partial charge on any atom is 0.412 e. The Kier molecular flexibility index (Phi) is 5.14. The fourth-order valence-corrected chi connectivity index (χ4v) is 2.02. The molecular weight excluding hydrogens is 282 g/mol. The lowest BCUT2D eigenvalue weighted by molar-refractivity contribution is -0.137. The first-order valence-corrected chi connectivity index (χ1v) is 6.85. The summed E-state index contributed by atoms with van der Waals surface area (Å²) < 4.78 is 10.0. The van der Waals surface area contributed by atoms with Gasteiger partial charge in [0, 0.05) is 6.08 Å². The molecular formula is C17H17NO4. The summed E-state index contributed by atoms with van der Waals surface area (Å²) in [5.74, 6) is -0.0279. The van der Waals surface area contributed by atoms with Crippen LogP contribution in [-0.4, -0.2) is 25.2 Å². The number of amides is 1. The van der Waals surface area contributed by atoms with E-state index in [0.29, 0.717) is 5.75 Å². The third kappa shape index (κ3) is 3.85. The monoisotopic (exact) mass is 299 g/mol. The minimum atomic E-state index is -0.590. The van der Waals surface area contributed by atoms with Gasteiger partial charge in [0.15, 0.2) is 0 Å². The molecule has 0 aliphatic rings. The highest BCUT2D eigenvalue weighted by atomic mass is 16.6. The Morgan fingerprint density at radius 3 is 2.77 bits per heavy atom. The lowest BCUT2D eigenvalue weighted by atomic mass is 10.1.